The van der Waals surface area contributed by atoms with Crippen molar-refractivity contribution >= 4 is 15.9 Å². The van der Waals surface area contributed by atoms with Gasteiger partial charge < -0.3 is 4.90 Å². The van der Waals surface area contributed by atoms with E-state index in [1.807, 2.05) is 23.1 Å². The molecule has 6 heteroatoms. The Kier molecular flexibility index (Phi) is 4.77. The number of carbonyl (C=O) groups excluding carboxylic acids is 1. The molecule has 0 aliphatic carbocycles. The summed E-state index contributed by atoms with van der Waals surface area (Å²) in [6.45, 7) is 1.75. The van der Waals surface area contributed by atoms with Crippen LogP contribution in [0.15, 0.2) is 30.3 Å². The third-order valence-electron chi connectivity index (χ3n) is 3.46. The lowest BCUT2D eigenvalue weighted by molar-refractivity contribution is 0.0676. The zero-order valence-electron chi connectivity index (χ0n) is 11.6. The average Bonchev–Trinajstić information content (AvgIpc) is 2.45. The standard InChI is InChI=1S/C14H20N2O3S/c1-20(18,19)15-10-12-6-5-9-16(11-12)14(17)13-7-3-2-4-8-13/h2-4,7-8,12,15H,5-6,9-11H2,1H3/t12-/m1/s1. The summed E-state index contributed by atoms with van der Waals surface area (Å²) in [5, 5.41) is 0. The fraction of sp³-hybridized carbons (Fsp3) is 0.500. The van der Waals surface area contributed by atoms with Crippen LogP contribution < -0.4 is 4.72 Å². The van der Waals surface area contributed by atoms with Crippen LogP contribution in [-0.4, -0.2) is 45.1 Å². The normalized spacial score (nSPS) is 19.9. The Morgan fingerprint density at radius 1 is 1.35 bits per heavy atom. The number of rotatable bonds is 4. The van der Waals surface area contributed by atoms with Crippen LogP contribution >= 0.6 is 0 Å². The maximum Gasteiger partial charge on any atom is 0.253 e. The van der Waals surface area contributed by atoms with E-state index >= 15 is 0 Å². The highest BCUT2D eigenvalue weighted by Crippen LogP contribution is 2.18. The fourth-order valence-electron chi connectivity index (χ4n) is 2.45. The van der Waals surface area contributed by atoms with Crippen molar-refractivity contribution in [3.05, 3.63) is 35.9 Å². The number of likely N-dealkylation sites (tertiary alicyclic amines) is 1. The molecule has 1 saturated heterocycles. The Morgan fingerprint density at radius 2 is 2.05 bits per heavy atom. The van der Waals surface area contributed by atoms with Crippen molar-refractivity contribution in [1.29, 1.82) is 0 Å². The number of carbonyl (C=O) groups is 1. The first-order valence-electron chi connectivity index (χ1n) is 6.74. The smallest absolute Gasteiger partial charge is 0.253 e. The SMILES string of the molecule is CS(=O)(=O)NC[C@H]1CCCN(C(=O)c2ccccc2)C1. The molecule has 0 saturated carbocycles. The predicted molar refractivity (Wildman–Crippen MR) is 77.9 cm³/mol. The summed E-state index contributed by atoms with van der Waals surface area (Å²) in [6, 6.07) is 9.19. The first kappa shape index (κ1) is 15.0. The average molecular weight is 296 g/mol. The minimum Gasteiger partial charge on any atom is -0.338 e. The number of nitrogens with one attached hydrogen (secondary N) is 1. The first-order chi connectivity index (χ1) is 9.46. The van der Waals surface area contributed by atoms with Gasteiger partial charge in [0.05, 0.1) is 6.26 Å². The largest absolute Gasteiger partial charge is 0.338 e. The van der Waals surface area contributed by atoms with Crippen molar-refractivity contribution in [1.82, 2.24) is 9.62 Å². The minimum absolute atomic E-state index is 0.0228. The van der Waals surface area contributed by atoms with Gasteiger partial charge in [-0.15, -0.1) is 0 Å². The van der Waals surface area contributed by atoms with E-state index in [-0.39, 0.29) is 11.8 Å². The van der Waals surface area contributed by atoms with Gasteiger partial charge in [-0.3, -0.25) is 4.79 Å². The van der Waals surface area contributed by atoms with E-state index in [4.69, 9.17) is 0 Å². The molecule has 0 bridgehead atoms. The molecule has 0 aromatic heterocycles. The van der Waals surface area contributed by atoms with Crippen LogP contribution in [0.5, 0.6) is 0 Å². The van der Waals surface area contributed by atoms with E-state index in [0.29, 0.717) is 18.7 Å². The van der Waals surface area contributed by atoms with Crippen LogP contribution in [0.4, 0.5) is 0 Å². The van der Waals surface area contributed by atoms with Crippen molar-refractivity contribution in [2.75, 3.05) is 25.9 Å². The zero-order chi connectivity index (χ0) is 14.6. The van der Waals surface area contributed by atoms with Gasteiger partial charge in [0.15, 0.2) is 0 Å². The number of amides is 1. The molecule has 1 aromatic carbocycles. The van der Waals surface area contributed by atoms with Gasteiger partial charge >= 0.3 is 0 Å². The van der Waals surface area contributed by atoms with E-state index in [2.05, 4.69) is 4.72 Å². The third kappa shape index (κ3) is 4.31. The molecule has 2 rings (SSSR count). The maximum absolute atomic E-state index is 12.3. The molecule has 0 unspecified atom stereocenters. The lowest BCUT2D eigenvalue weighted by atomic mass is 9.97. The van der Waals surface area contributed by atoms with Gasteiger partial charge in [-0.1, -0.05) is 18.2 Å². The topological polar surface area (TPSA) is 66.5 Å². The molecule has 1 amide bonds. The Bertz CT molecular complexity index is 557. The van der Waals surface area contributed by atoms with Crippen molar-refractivity contribution < 1.29 is 13.2 Å². The number of piperidine rings is 1. The van der Waals surface area contributed by atoms with Crippen molar-refractivity contribution in [2.24, 2.45) is 5.92 Å². The zero-order valence-corrected chi connectivity index (χ0v) is 12.4. The Morgan fingerprint density at radius 3 is 2.70 bits per heavy atom. The monoisotopic (exact) mass is 296 g/mol. The highest BCUT2D eigenvalue weighted by atomic mass is 32.2. The molecule has 1 heterocycles. The van der Waals surface area contributed by atoms with Gasteiger partial charge in [0.1, 0.15) is 0 Å². The van der Waals surface area contributed by atoms with Crippen LogP contribution in [0.1, 0.15) is 23.2 Å². The summed E-state index contributed by atoms with van der Waals surface area (Å²) in [5.41, 5.74) is 0.684. The van der Waals surface area contributed by atoms with Gasteiger partial charge in [-0.25, -0.2) is 13.1 Å². The Hall–Kier alpha value is -1.40. The lowest BCUT2D eigenvalue weighted by Crippen LogP contribution is -2.43. The minimum atomic E-state index is -3.17. The van der Waals surface area contributed by atoms with Crippen LogP contribution in [0.3, 0.4) is 0 Å². The molecule has 0 spiro atoms. The molecule has 1 aromatic rings. The Balaban J connectivity index is 1.95. The van der Waals surface area contributed by atoms with Gasteiger partial charge in [0.2, 0.25) is 10.0 Å². The van der Waals surface area contributed by atoms with Crippen LogP contribution in [0.25, 0.3) is 0 Å². The number of benzene rings is 1. The highest BCUT2D eigenvalue weighted by molar-refractivity contribution is 7.88. The maximum atomic E-state index is 12.3. The van der Waals surface area contributed by atoms with E-state index in [1.165, 1.54) is 0 Å². The highest BCUT2D eigenvalue weighted by Gasteiger charge is 2.24. The Labute approximate surface area is 120 Å². The molecule has 1 aliphatic heterocycles. The van der Waals surface area contributed by atoms with E-state index < -0.39 is 10.0 Å². The first-order valence-corrected chi connectivity index (χ1v) is 8.64. The fourth-order valence-corrected chi connectivity index (χ4v) is 2.99. The summed E-state index contributed by atoms with van der Waals surface area (Å²) >= 11 is 0. The summed E-state index contributed by atoms with van der Waals surface area (Å²) in [4.78, 5) is 14.1. The van der Waals surface area contributed by atoms with Gasteiger partial charge in [-0.05, 0) is 30.9 Å². The molecular weight excluding hydrogens is 276 g/mol. The van der Waals surface area contributed by atoms with E-state index in [1.54, 1.807) is 12.1 Å². The van der Waals surface area contributed by atoms with Crippen molar-refractivity contribution in [3.8, 4) is 0 Å². The van der Waals surface area contributed by atoms with Crippen molar-refractivity contribution in [3.63, 3.8) is 0 Å². The molecule has 1 aliphatic rings. The van der Waals surface area contributed by atoms with Gasteiger partial charge in [-0.2, -0.15) is 0 Å². The number of hydrogen-bond donors (Lipinski definition) is 1. The summed E-state index contributed by atoms with van der Waals surface area (Å²) in [7, 11) is -3.17. The lowest BCUT2D eigenvalue weighted by Gasteiger charge is -2.32. The van der Waals surface area contributed by atoms with E-state index in [9.17, 15) is 13.2 Å². The second kappa shape index (κ2) is 6.37. The van der Waals surface area contributed by atoms with Gasteiger partial charge in [0, 0.05) is 25.2 Å². The van der Waals surface area contributed by atoms with E-state index in [0.717, 1.165) is 25.6 Å². The molecule has 0 radical (unpaired) electrons. The molecule has 110 valence electrons. The summed E-state index contributed by atoms with van der Waals surface area (Å²) < 4.78 is 24.8. The van der Waals surface area contributed by atoms with Crippen LogP contribution in [0, 0.1) is 5.92 Å². The molecule has 20 heavy (non-hydrogen) atoms. The van der Waals surface area contributed by atoms with Crippen molar-refractivity contribution in [2.45, 2.75) is 12.8 Å². The number of hydrogen-bond acceptors (Lipinski definition) is 3. The predicted octanol–water partition coefficient (Wildman–Crippen LogP) is 1.09. The van der Waals surface area contributed by atoms with Crippen LogP contribution in [-0.2, 0) is 10.0 Å². The molecule has 1 N–H and O–H groups in total. The molecular formula is C14H20N2O3S. The molecule has 1 fully saturated rings. The quantitative estimate of drug-likeness (QED) is 0.904. The number of nitrogens with zero attached hydrogens (tertiary/aromatic N) is 1. The number of sulfonamides is 1. The molecule has 1 atom stereocenters. The van der Waals surface area contributed by atoms with Gasteiger partial charge in [0.25, 0.3) is 5.91 Å². The summed E-state index contributed by atoms with van der Waals surface area (Å²) in [5.74, 6) is 0.209. The summed E-state index contributed by atoms with van der Waals surface area (Å²) in [6.07, 6.45) is 3.01. The second-order valence-electron chi connectivity index (χ2n) is 5.25. The molecule has 5 nitrogen and oxygen atoms in total. The third-order valence-corrected chi connectivity index (χ3v) is 4.15. The second-order valence-corrected chi connectivity index (χ2v) is 7.08. The van der Waals surface area contributed by atoms with Crippen LogP contribution in [0.2, 0.25) is 0 Å².